The number of aliphatic hydroxyl groups is 1. The fraction of sp³-hybridized carbons (Fsp3) is 0.519. The number of halogens is 2. The summed E-state index contributed by atoms with van der Waals surface area (Å²) in [7, 11) is 0. The van der Waals surface area contributed by atoms with Gasteiger partial charge in [-0.05, 0) is 75.9 Å². The van der Waals surface area contributed by atoms with Gasteiger partial charge in [-0.25, -0.2) is 0 Å². The van der Waals surface area contributed by atoms with E-state index in [1.165, 1.54) is 5.56 Å². The minimum atomic E-state index is -3.17. The van der Waals surface area contributed by atoms with Crippen LogP contribution in [0.15, 0.2) is 48.1 Å². The number of carbonyl (C=O) groups is 1. The molecule has 34 heavy (non-hydrogen) atoms. The van der Waals surface area contributed by atoms with Crippen LogP contribution in [0.3, 0.4) is 0 Å². The molecule has 0 aliphatic carbocycles. The number of phenols is 1. The van der Waals surface area contributed by atoms with Gasteiger partial charge in [-0.3, -0.25) is 9.69 Å². The second-order valence-electron chi connectivity index (χ2n) is 8.37. The zero-order valence-corrected chi connectivity index (χ0v) is 21.7. The number of nitrogens with one attached hydrogen (secondary N) is 1. The number of benzene rings is 1. The number of hydrogen-bond acceptors (Lipinski definition) is 4. The van der Waals surface area contributed by atoms with Gasteiger partial charge >= 0.3 is 6.61 Å². The monoisotopic (exact) mass is 480 g/mol. The van der Waals surface area contributed by atoms with E-state index in [1.807, 2.05) is 45.1 Å². The lowest BCUT2D eigenvalue weighted by atomic mass is 9.95. The summed E-state index contributed by atoms with van der Waals surface area (Å²) < 4.78 is 19.8. The van der Waals surface area contributed by atoms with Gasteiger partial charge in [-0.15, -0.1) is 0 Å². The first-order valence-corrected chi connectivity index (χ1v) is 11.7. The molecule has 0 fully saturated rings. The van der Waals surface area contributed by atoms with Crippen molar-refractivity contribution in [1.29, 1.82) is 0 Å². The van der Waals surface area contributed by atoms with E-state index in [4.69, 9.17) is 5.11 Å². The summed E-state index contributed by atoms with van der Waals surface area (Å²) in [4.78, 5) is 15.0. The van der Waals surface area contributed by atoms with Crippen LogP contribution in [0, 0.1) is 19.8 Å². The zero-order chi connectivity index (χ0) is 26.4. The van der Waals surface area contributed by atoms with Gasteiger partial charge in [-0.2, -0.15) is 8.78 Å². The minimum absolute atomic E-state index is 0.0467. The van der Waals surface area contributed by atoms with Gasteiger partial charge in [0.15, 0.2) is 0 Å². The molecule has 0 saturated carbocycles. The molecule has 2 unspecified atom stereocenters. The largest absolute Gasteiger partial charge is 0.508 e. The molecule has 0 aliphatic heterocycles. The summed E-state index contributed by atoms with van der Waals surface area (Å²) in [5.41, 5.74) is 4.90. The Hall–Kier alpha value is -2.51. The normalized spacial score (nSPS) is 13.6. The average Bonchev–Trinajstić information content (AvgIpc) is 2.77. The van der Waals surface area contributed by atoms with E-state index < -0.39 is 6.61 Å². The smallest absolute Gasteiger partial charge is 0.342 e. The summed E-state index contributed by atoms with van der Waals surface area (Å²) >= 11 is 0. The maximum atomic E-state index is 12.5. The molecule has 0 bridgehead atoms. The fourth-order valence-electron chi connectivity index (χ4n) is 3.58. The Balaban J connectivity index is 0.00000251. The predicted molar refractivity (Wildman–Crippen MR) is 136 cm³/mol. The van der Waals surface area contributed by atoms with Crippen LogP contribution in [0.4, 0.5) is 8.78 Å². The third-order valence-corrected chi connectivity index (χ3v) is 5.95. The summed E-state index contributed by atoms with van der Waals surface area (Å²) in [5, 5.41) is 19.8. The molecule has 1 aromatic rings. The van der Waals surface area contributed by atoms with Crippen LogP contribution in [0.1, 0.15) is 63.8 Å². The number of rotatable bonds is 11. The highest BCUT2D eigenvalue weighted by atomic mass is 19.3. The lowest BCUT2D eigenvalue weighted by Crippen LogP contribution is -2.38. The maximum absolute atomic E-state index is 12.5. The summed E-state index contributed by atoms with van der Waals surface area (Å²) in [6, 6.07) is 4.06. The first-order valence-electron chi connectivity index (χ1n) is 11.7. The van der Waals surface area contributed by atoms with Gasteiger partial charge in [0.25, 0.3) is 5.91 Å². The third kappa shape index (κ3) is 11.1. The van der Waals surface area contributed by atoms with Crippen LogP contribution in [0.5, 0.6) is 5.75 Å². The predicted octanol–water partition coefficient (Wildman–Crippen LogP) is 5.81. The standard InChI is InChI=1S/C26H40N2O2.CH2F2O/c1-9-22(16-27-26(30)23(10-2)13-12-18(4)5)17-28(11-3)21(8)24-14-15-25(29)20(7)19(24)6;2-1(3)4/h10,12-15,21-22,29H,4,9,11,16-17H2,1-3,5-8H3,(H,27,30);1,4H/b13-12-,23-10+;. The lowest BCUT2D eigenvalue weighted by Gasteiger charge is -2.33. The first kappa shape index (κ1) is 31.5. The van der Waals surface area contributed by atoms with Crippen LogP contribution in [-0.4, -0.2) is 47.3 Å². The second kappa shape index (κ2) is 16.2. The number of allylic oxidation sites excluding steroid dienone is 3. The summed E-state index contributed by atoms with van der Waals surface area (Å²) in [5.74, 6) is 0.661. The molecule has 0 radical (unpaired) electrons. The summed E-state index contributed by atoms with van der Waals surface area (Å²) in [6.45, 7) is 17.5. The van der Waals surface area contributed by atoms with Crippen molar-refractivity contribution < 1.29 is 23.8 Å². The molecule has 3 N–H and O–H groups in total. The van der Waals surface area contributed by atoms with E-state index in [2.05, 4.69) is 44.5 Å². The van der Waals surface area contributed by atoms with E-state index in [-0.39, 0.29) is 11.9 Å². The molecule has 2 atom stereocenters. The third-order valence-electron chi connectivity index (χ3n) is 5.95. The summed E-state index contributed by atoms with van der Waals surface area (Å²) in [6.07, 6.45) is 6.49. The van der Waals surface area contributed by atoms with Gasteiger partial charge in [0.2, 0.25) is 0 Å². The zero-order valence-electron chi connectivity index (χ0n) is 21.7. The van der Waals surface area contributed by atoms with Crippen molar-refractivity contribution in [2.45, 2.75) is 67.5 Å². The Labute approximate surface area is 203 Å². The van der Waals surface area contributed by atoms with Gasteiger partial charge in [0.1, 0.15) is 5.75 Å². The van der Waals surface area contributed by atoms with Gasteiger partial charge in [-0.1, -0.05) is 50.6 Å². The van der Waals surface area contributed by atoms with Crippen molar-refractivity contribution in [3.63, 3.8) is 0 Å². The van der Waals surface area contributed by atoms with Crippen LogP contribution in [0.2, 0.25) is 0 Å². The maximum Gasteiger partial charge on any atom is 0.342 e. The van der Waals surface area contributed by atoms with Gasteiger partial charge < -0.3 is 15.5 Å². The van der Waals surface area contributed by atoms with Gasteiger partial charge in [0.05, 0.1) is 0 Å². The van der Waals surface area contributed by atoms with E-state index in [9.17, 15) is 18.7 Å². The van der Waals surface area contributed by atoms with Crippen molar-refractivity contribution in [2.24, 2.45) is 5.92 Å². The number of carbonyl (C=O) groups excluding carboxylic acids is 1. The number of amides is 1. The Morgan fingerprint density at radius 2 is 1.79 bits per heavy atom. The Kier molecular flexibility index (Phi) is 15.0. The molecule has 0 heterocycles. The van der Waals surface area contributed by atoms with E-state index in [0.29, 0.717) is 23.8 Å². The second-order valence-corrected chi connectivity index (χ2v) is 8.37. The highest BCUT2D eigenvalue weighted by Crippen LogP contribution is 2.30. The highest BCUT2D eigenvalue weighted by molar-refractivity contribution is 5.96. The van der Waals surface area contributed by atoms with Crippen LogP contribution in [0.25, 0.3) is 0 Å². The fourth-order valence-corrected chi connectivity index (χ4v) is 3.58. The van der Waals surface area contributed by atoms with Crippen LogP contribution >= 0.6 is 0 Å². The van der Waals surface area contributed by atoms with Crippen LogP contribution < -0.4 is 5.32 Å². The molecule has 7 heteroatoms. The Morgan fingerprint density at radius 1 is 1.21 bits per heavy atom. The molecule has 1 aromatic carbocycles. The van der Waals surface area contributed by atoms with Crippen molar-refractivity contribution in [2.75, 3.05) is 19.6 Å². The molecule has 0 saturated heterocycles. The van der Waals surface area contributed by atoms with E-state index in [1.54, 1.807) is 6.07 Å². The van der Waals surface area contributed by atoms with Crippen molar-refractivity contribution >= 4 is 5.91 Å². The average molecular weight is 481 g/mol. The SMILES string of the molecule is C=C(C)/C=C\C(=C/C)C(=O)NCC(CC)CN(CC)C(C)c1ccc(O)c(C)c1C.OC(F)F. The van der Waals surface area contributed by atoms with Crippen molar-refractivity contribution in [3.8, 4) is 5.75 Å². The highest BCUT2D eigenvalue weighted by Gasteiger charge is 2.21. The number of hydrogen-bond donors (Lipinski definition) is 3. The molecule has 0 spiro atoms. The lowest BCUT2D eigenvalue weighted by molar-refractivity contribution is -0.117. The first-order chi connectivity index (χ1) is 15.9. The minimum Gasteiger partial charge on any atom is -0.508 e. The topological polar surface area (TPSA) is 72.8 Å². The molecule has 1 amide bonds. The molecule has 1 rings (SSSR count). The van der Waals surface area contributed by atoms with E-state index in [0.717, 1.165) is 36.2 Å². The Morgan fingerprint density at radius 3 is 2.26 bits per heavy atom. The Bertz CT molecular complexity index is 848. The van der Waals surface area contributed by atoms with Gasteiger partial charge in [0, 0.05) is 24.7 Å². The number of alkyl halides is 2. The quantitative estimate of drug-likeness (QED) is 0.276. The van der Waals surface area contributed by atoms with Crippen molar-refractivity contribution in [1.82, 2.24) is 10.2 Å². The number of aromatic hydroxyl groups is 1. The molecule has 192 valence electrons. The molecule has 5 nitrogen and oxygen atoms in total. The van der Waals surface area contributed by atoms with Crippen LogP contribution in [-0.2, 0) is 4.79 Å². The number of phenolic OH excluding ortho intramolecular Hbond substituents is 1. The number of aliphatic hydroxyl groups excluding tert-OH is 1. The van der Waals surface area contributed by atoms with Crippen molar-refractivity contribution in [3.05, 3.63) is 64.8 Å². The number of nitrogens with zero attached hydrogens (tertiary/aromatic N) is 1. The molecule has 0 aliphatic rings. The molecular formula is C27H42F2N2O3. The molecular weight excluding hydrogens is 438 g/mol. The molecule has 0 aromatic heterocycles. The van der Waals surface area contributed by atoms with E-state index >= 15 is 0 Å².